The first-order chi connectivity index (χ1) is 9.24. The van der Waals surface area contributed by atoms with Crippen molar-refractivity contribution in [3.8, 4) is 0 Å². The molecule has 1 fully saturated rings. The molecule has 0 amide bonds. The third kappa shape index (κ3) is 3.77. The monoisotopic (exact) mass is 264 g/mol. The van der Waals surface area contributed by atoms with Crippen molar-refractivity contribution < 1.29 is 4.39 Å². The van der Waals surface area contributed by atoms with E-state index in [0.717, 1.165) is 56.7 Å². The van der Waals surface area contributed by atoms with Gasteiger partial charge in [-0.15, -0.1) is 0 Å². The van der Waals surface area contributed by atoms with Crippen molar-refractivity contribution >= 4 is 0 Å². The molecule has 0 aromatic heterocycles. The van der Waals surface area contributed by atoms with Gasteiger partial charge in [-0.25, -0.2) is 4.39 Å². The maximum atomic E-state index is 14.2. The van der Waals surface area contributed by atoms with Gasteiger partial charge in [-0.2, -0.15) is 0 Å². The molecule has 19 heavy (non-hydrogen) atoms. The van der Waals surface area contributed by atoms with E-state index in [-0.39, 0.29) is 5.82 Å². The minimum atomic E-state index is -0.0265. The van der Waals surface area contributed by atoms with Crippen LogP contribution in [0.3, 0.4) is 0 Å². The lowest BCUT2D eigenvalue weighted by molar-refractivity contribution is 0.233. The molecule has 1 aliphatic rings. The van der Waals surface area contributed by atoms with Gasteiger partial charge in [0.2, 0.25) is 0 Å². The van der Waals surface area contributed by atoms with Crippen molar-refractivity contribution in [2.75, 3.05) is 26.2 Å². The summed E-state index contributed by atoms with van der Waals surface area (Å²) in [6.45, 7) is 9.29. The Bertz CT molecular complexity index is 396. The van der Waals surface area contributed by atoms with E-state index in [2.05, 4.69) is 30.1 Å². The quantitative estimate of drug-likeness (QED) is 0.879. The summed E-state index contributed by atoms with van der Waals surface area (Å²) in [6, 6.07) is 5.82. The Balaban J connectivity index is 2.05. The first kappa shape index (κ1) is 14.5. The molecule has 0 spiro atoms. The summed E-state index contributed by atoms with van der Waals surface area (Å²) >= 11 is 0. The second-order valence-corrected chi connectivity index (χ2v) is 5.40. The largest absolute Gasteiger partial charge is 0.314 e. The first-order valence-electron chi connectivity index (χ1n) is 7.46. The number of nitrogens with zero attached hydrogens (tertiary/aromatic N) is 1. The maximum absolute atomic E-state index is 14.2. The van der Waals surface area contributed by atoms with Gasteiger partial charge in [0, 0.05) is 32.7 Å². The lowest BCUT2D eigenvalue weighted by atomic mass is 9.92. The van der Waals surface area contributed by atoms with Crippen molar-refractivity contribution in [3.05, 3.63) is 35.1 Å². The van der Waals surface area contributed by atoms with Crippen LogP contribution in [0.5, 0.6) is 0 Å². The summed E-state index contributed by atoms with van der Waals surface area (Å²) in [7, 11) is 0. The Morgan fingerprint density at radius 3 is 2.47 bits per heavy atom. The molecular weight excluding hydrogens is 239 g/mol. The smallest absolute Gasteiger partial charge is 0.126 e. The van der Waals surface area contributed by atoms with Gasteiger partial charge in [0.15, 0.2) is 0 Å². The zero-order valence-electron chi connectivity index (χ0n) is 12.1. The molecule has 106 valence electrons. The Morgan fingerprint density at radius 2 is 1.89 bits per heavy atom. The van der Waals surface area contributed by atoms with Crippen molar-refractivity contribution in [1.29, 1.82) is 0 Å². The Kier molecular flexibility index (Phi) is 5.34. The topological polar surface area (TPSA) is 15.3 Å². The molecule has 1 saturated heterocycles. The van der Waals surface area contributed by atoms with Crippen LogP contribution >= 0.6 is 0 Å². The fourth-order valence-corrected chi connectivity index (χ4v) is 2.86. The normalized spacial score (nSPS) is 17.1. The standard InChI is InChI=1S/C16H25FN2/c1-3-14(4-2)15-6-5-13(11-16(15)17)12-19-9-7-18-8-10-19/h5-6,11,14,18H,3-4,7-10,12H2,1-2H3. The third-order valence-corrected chi connectivity index (χ3v) is 4.11. The van der Waals surface area contributed by atoms with Gasteiger partial charge < -0.3 is 5.32 Å². The zero-order valence-corrected chi connectivity index (χ0v) is 12.1. The number of halogens is 1. The van der Waals surface area contributed by atoms with Crippen LogP contribution in [0, 0.1) is 5.82 Å². The minimum absolute atomic E-state index is 0.0265. The third-order valence-electron chi connectivity index (χ3n) is 4.11. The number of nitrogens with one attached hydrogen (secondary N) is 1. The van der Waals surface area contributed by atoms with Gasteiger partial charge in [0.05, 0.1) is 0 Å². The van der Waals surface area contributed by atoms with E-state index in [1.165, 1.54) is 0 Å². The van der Waals surface area contributed by atoms with Crippen molar-refractivity contribution in [2.24, 2.45) is 0 Å². The fourth-order valence-electron chi connectivity index (χ4n) is 2.86. The zero-order chi connectivity index (χ0) is 13.7. The molecule has 0 bridgehead atoms. The van der Waals surface area contributed by atoms with Gasteiger partial charge in [-0.1, -0.05) is 26.0 Å². The molecule has 0 aliphatic carbocycles. The van der Waals surface area contributed by atoms with Crippen LogP contribution in [-0.2, 0) is 6.54 Å². The summed E-state index contributed by atoms with van der Waals surface area (Å²) in [5.74, 6) is 0.328. The summed E-state index contributed by atoms with van der Waals surface area (Å²) in [6.07, 6.45) is 2.01. The second-order valence-electron chi connectivity index (χ2n) is 5.40. The maximum Gasteiger partial charge on any atom is 0.126 e. The van der Waals surface area contributed by atoms with E-state index in [1.54, 1.807) is 6.07 Å². The lowest BCUT2D eigenvalue weighted by Crippen LogP contribution is -2.42. The molecule has 1 aromatic carbocycles. The number of rotatable bonds is 5. The number of hydrogen-bond donors (Lipinski definition) is 1. The van der Waals surface area contributed by atoms with Crippen LogP contribution in [0.2, 0.25) is 0 Å². The minimum Gasteiger partial charge on any atom is -0.314 e. The molecule has 3 heteroatoms. The van der Waals surface area contributed by atoms with E-state index in [9.17, 15) is 4.39 Å². The number of hydrogen-bond acceptors (Lipinski definition) is 2. The van der Waals surface area contributed by atoms with E-state index in [1.807, 2.05) is 6.07 Å². The van der Waals surface area contributed by atoms with Crippen LogP contribution in [0.15, 0.2) is 18.2 Å². The molecule has 1 aromatic rings. The molecule has 1 aliphatic heterocycles. The lowest BCUT2D eigenvalue weighted by Gasteiger charge is -2.27. The van der Waals surface area contributed by atoms with E-state index in [4.69, 9.17) is 0 Å². The highest BCUT2D eigenvalue weighted by Crippen LogP contribution is 2.26. The Hall–Kier alpha value is -0.930. The molecule has 0 atom stereocenters. The van der Waals surface area contributed by atoms with Crippen LogP contribution in [0.1, 0.15) is 43.7 Å². The van der Waals surface area contributed by atoms with E-state index < -0.39 is 0 Å². The predicted molar refractivity (Wildman–Crippen MR) is 77.9 cm³/mol. The van der Waals surface area contributed by atoms with Crippen LogP contribution in [-0.4, -0.2) is 31.1 Å². The SMILES string of the molecule is CCC(CC)c1ccc(CN2CCNCC2)cc1F. The average Bonchev–Trinajstić information content (AvgIpc) is 2.43. The van der Waals surface area contributed by atoms with E-state index in [0.29, 0.717) is 5.92 Å². The van der Waals surface area contributed by atoms with Gasteiger partial charge in [-0.3, -0.25) is 4.90 Å². The van der Waals surface area contributed by atoms with E-state index >= 15 is 0 Å². The summed E-state index contributed by atoms with van der Waals surface area (Å²) in [5, 5.41) is 3.34. The van der Waals surface area contributed by atoms with Crippen molar-refractivity contribution in [1.82, 2.24) is 10.2 Å². The van der Waals surface area contributed by atoms with Gasteiger partial charge in [0.1, 0.15) is 5.82 Å². The predicted octanol–water partition coefficient (Wildman–Crippen LogP) is 3.13. The van der Waals surface area contributed by atoms with Crippen molar-refractivity contribution in [3.63, 3.8) is 0 Å². The average molecular weight is 264 g/mol. The molecule has 1 heterocycles. The van der Waals surface area contributed by atoms with Crippen LogP contribution in [0.4, 0.5) is 4.39 Å². The number of piperazine rings is 1. The molecule has 1 N–H and O–H groups in total. The molecule has 2 nitrogen and oxygen atoms in total. The Labute approximate surface area is 116 Å². The summed E-state index contributed by atoms with van der Waals surface area (Å²) in [4.78, 5) is 2.38. The number of benzene rings is 1. The molecule has 0 radical (unpaired) electrons. The highest BCUT2D eigenvalue weighted by Gasteiger charge is 2.14. The Morgan fingerprint density at radius 1 is 1.21 bits per heavy atom. The molecule has 0 unspecified atom stereocenters. The van der Waals surface area contributed by atoms with Gasteiger partial charge >= 0.3 is 0 Å². The van der Waals surface area contributed by atoms with Gasteiger partial charge in [0.25, 0.3) is 0 Å². The van der Waals surface area contributed by atoms with Crippen LogP contribution < -0.4 is 5.32 Å². The van der Waals surface area contributed by atoms with Crippen LogP contribution in [0.25, 0.3) is 0 Å². The molecule has 0 saturated carbocycles. The summed E-state index contributed by atoms with van der Waals surface area (Å²) < 4.78 is 14.2. The highest BCUT2D eigenvalue weighted by molar-refractivity contribution is 5.27. The summed E-state index contributed by atoms with van der Waals surface area (Å²) in [5.41, 5.74) is 1.98. The van der Waals surface area contributed by atoms with Gasteiger partial charge in [-0.05, 0) is 36.0 Å². The molecule has 2 rings (SSSR count). The molecular formula is C16H25FN2. The van der Waals surface area contributed by atoms with Crippen molar-refractivity contribution in [2.45, 2.75) is 39.2 Å². The second kappa shape index (κ2) is 7.01. The first-order valence-corrected chi connectivity index (χ1v) is 7.46. The fraction of sp³-hybridized carbons (Fsp3) is 0.625. The highest BCUT2D eigenvalue weighted by atomic mass is 19.1.